The molecular weight excluding hydrogens is 286 g/mol. The molecule has 2 rings (SSSR count). The lowest BCUT2D eigenvalue weighted by molar-refractivity contribution is 0.0526. The fourth-order valence-corrected chi connectivity index (χ4v) is 2.62. The first-order chi connectivity index (χ1) is 10.1. The van der Waals surface area contributed by atoms with Crippen molar-refractivity contribution < 1.29 is 9.53 Å². The summed E-state index contributed by atoms with van der Waals surface area (Å²) in [6.45, 7) is 4.82. The first-order valence-electron chi connectivity index (χ1n) is 6.88. The maximum absolute atomic E-state index is 11.7. The minimum absolute atomic E-state index is 0.344. The molecule has 1 heterocycles. The van der Waals surface area contributed by atoms with Gasteiger partial charge in [0.05, 0.1) is 30.1 Å². The SMILES string of the molecule is CCOC(=O)c1ccc(N)c(NCc2ncc(CC)s2)c1. The molecule has 0 saturated carbocycles. The molecule has 1 aromatic carbocycles. The van der Waals surface area contributed by atoms with Gasteiger partial charge in [-0.15, -0.1) is 11.3 Å². The van der Waals surface area contributed by atoms with E-state index in [1.54, 1.807) is 36.5 Å². The summed E-state index contributed by atoms with van der Waals surface area (Å²) < 4.78 is 4.99. The van der Waals surface area contributed by atoms with Crippen molar-refractivity contribution in [2.24, 2.45) is 0 Å². The van der Waals surface area contributed by atoms with E-state index in [-0.39, 0.29) is 5.97 Å². The summed E-state index contributed by atoms with van der Waals surface area (Å²) in [6, 6.07) is 5.08. The van der Waals surface area contributed by atoms with Crippen LogP contribution in [0.15, 0.2) is 24.4 Å². The zero-order chi connectivity index (χ0) is 15.2. The number of nitrogens with one attached hydrogen (secondary N) is 1. The minimum atomic E-state index is -0.344. The molecule has 6 heteroatoms. The second-order valence-corrected chi connectivity index (χ2v) is 5.65. The van der Waals surface area contributed by atoms with Gasteiger partial charge in [-0.05, 0) is 31.5 Å². The average Bonchev–Trinajstić information content (AvgIpc) is 2.94. The molecule has 0 unspecified atom stereocenters. The van der Waals surface area contributed by atoms with Crippen molar-refractivity contribution in [2.45, 2.75) is 26.8 Å². The van der Waals surface area contributed by atoms with Gasteiger partial charge in [0, 0.05) is 11.1 Å². The smallest absolute Gasteiger partial charge is 0.338 e. The van der Waals surface area contributed by atoms with Crippen LogP contribution in [0.1, 0.15) is 34.1 Å². The van der Waals surface area contributed by atoms with Gasteiger partial charge in [0.15, 0.2) is 0 Å². The predicted molar refractivity (Wildman–Crippen MR) is 85.6 cm³/mol. The molecule has 21 heavy (non-hydrogen) atoms. The number of ether oxygens (including phenoxy) is 1. The zero-order valence-corrected chi connectivity index (χ0v) is 13.0. The van der Waals surface area contributed by atoms with Gasteiger partial charge in [-0.1, -0.05) is 6.92 Å². The Bertz CT molecular complexity index is 625. The summed E-state index contributed by atoms with van der Waals surface area (Å²) in [6.07, 6.45) is 2.87. The molecule has 0 amide bonds. The van der Waals surface area contributed by atoms with Crippen molar-refractivity contribution in [1.29, 1.82) is 0 Å². The van der Waals surface area contributed by atoms with Crippen molar-refractivity contribution in [3.05, 3.63) is 39.8 Å². The van der Waals surface area contributed by atoms with E-state index >= 15 is 0 Å². The van der Waals surface area contributed by atoms with E-state index in [0.717, 1.165) is 11.4 Å². The van der Waals surface area contributed by atoms with Crippen LogP contribution in [0.4, 0.5) is 11.4 Å². The number of nitrogen functional groups attached to an aromatic ring is 1. The van der Waals surface area contributed by atoms with E-state index in [1.165, 1.54) is 4.88 Å². The number of thiazole rings is 1. The number of aryl methyl sites for hydroxylation is 1. The van der Waals surface area contributed by atoms with Gasteiger partial charge in [-0.3, -0.25) is 0 Å². The number of esters is 1. The summed E-state index contributed by atoms with van der Waals surface area (Å²) in [5.41, 5.74) is 7.72. The van der Waals surface area contributed by atoms with Crippen molar-refractivity contribution in [1.82, 2.24) is 4.98 Å². The third-order valence-electron chi connectivity index (χ3n) is 2.94. The van der Waals surface area contributed by atoms with E-state index in [9.17, 15) is 4.79 Å². The minimum Gasteiger partial charge on any atom is -0.462 e. The Hall–Kier alpha value is -2.08. The van der Waals surface area contributed by atoms with Crippen LogP contribution in [0.2, 0.25) is 0 Å². The topological polar surface area (TPSA) is 77.2 Å². The Balaban J connectivity index is 2.08. The number of nitrogens with two attached hydrogens (primary N) is 1. The number of nitrogens with zero attached hydrogens (tertiary/aromatic N) is 1. The molecule has 3 N–H and O–H groups in total. The second kappa shape index (κ2) is 7.08. The average molecular weight is 305 g/mol. The monoisotopic (exact) mass is 305 g/mol. The Labute approximate surface area is 128 Å². The summed E-state index contributed by atoms with van der Waals surface area (Å²) >= 11 is 1.67. The first kappa shape index (κ1) is 15.3. The third kappa shape index (κ3) is 3.95. The van der Waals surface area contributed by atoms with Crippen LogP contribution in [-0.2, 0) is 17.7 Å². The van der Waals surface area contributed by atoms with E-state index < -0.39 is 0 Å². The highest BCUT2D eigenvalue weighted by Crippen LogP contribution is 2.22. The molecule has 0 atom stereocenters. The van der Waals surface area contributed by atoms with Gasteiger partial charge >= 0.3 is 5.97 Å². The highest BCUT2D eigenvalue weighted by atomic mass is 32.1. The van der Waals surface area contributed by atoms with Crippen molar-refractivity contribution >= 4 is 28.7 Å². The zero-order valence-electron chi connectivity index (χ0n) is 12.2. The van der Waals surface area contributed by atoms with Gasteiger partial charge in [-0.2, -0.15) is 0 Å². The van der Waals surface area contributed by atoms with Crippen molar-refractivity contribution in [3.8, 4) is 0 Å². The molecule has 112 valence electrons. The van der Waals surface area contributed by atoms with Gasteiger partial charge in [0.1, 0.15) is 5.01 Å². The quantitative estimate of drug-likeness (QED) is 0.633. The summed E-state index contributed by atoms with van der Waals surface area (Å²) in [5, 5.41) is 4.21. The number of aromatic nitrogens is 1. The highest BCUT2D eigenvalue weighted by Gasteiger charge is 2.09. The molecule has 0 saturated heterocycles. The van der Waals surface area contributed by atoms with E-state index in [2.05, 4.69) is 17.2 Å². The maximum atomic E-state index is 11.7. The molecule has 0 aliphatic carbocycles. The number of carbonyl (C=O) groups excluding carboxylic acids is 1. The molecule has 0 aliphatic rings. The number of anilines is 2. The molecule has 5 nitrogen and oxygen atoms in total. The number of rotatable bonds is 6. The van der Waals surface area contributed by atoms with Crippen LogP contribution >= 0.6 is 11.3 Å². The van der Waals surface area contributed by atoms with Crippen molar-refractivity contribution in [2.75, 3.05) is 17.7 Å². The van der Waals surface area contributed by atoms with Crippen LogP contribution in [0, 0.1) is 0 Å². The lowest BCUT2D eigenvalue weighted by Crippen LogP contribution is -2.07. The van der Waals surface area contributed by atoms with Crippen LogP contribution in [-0.4, -0.2) is 17.6 Å². The number of hydrogen-bond acceptors (Lipinski definition) is 6. The van der Waals surface area contributed by atoms with E-state index in [4.69, 9.17) is 10.5 Å². The lowest BCUT2D eigenvalue weighted by Gasteiger charge is -2.10. The van der Waals surface area contributed by atoms with Crippen LogP contribution in [0.5, 0.6) is 0 Å². The molecule has 2 aromatic rings. The Morgan fingerprint density at radius 3 is 2.90 bits per heavy atom. The van der Waals surface area contributed by atoms with Gasteiger partial charge < -0.3 is 15.8 Å². The summed E-state index contributed by atoms with van der Waals surface area (Å²) in [7, 11) is 0. The molecule has 1 aromatic heterocycles. The largest absolute Gasteiger partial charge is 0.462 e. The lowest BCUT2D eigenvalue weighted by atomic mass is 10.1. The highest BCUT2D eigenvalue weighted by molar-refractivity contribution is 7.11. The number of hydrogen-bond donors (Lipinski definition) is 2. The summed E-state index contributed by atoms with van der Waals surface area (Å²) in [5.74, 6) is -0.344. The predicted octanol–water partition coefficient (Wildman–Crippen LogP) is 3.08. The Morgan fingerprint density at radius 1 is 1.43 bits per heavy atom. The van der Waals surface area contributed by atoms with E-state index in [0.29, 0.717) is 30.1 Å². The van der Waals surface area contributed by atoms with E-state index in [1.807, 2.05) is 6.20 Å². The second-order valence-electron chi connectivity index (χ2n) is 4.45. The molecule has 0 fully saturated rings. The summed E-state index contributed by atoms with van der Waals surface area (Å²) in [4.78, 5) is 17.3. The van der Waals surface area contributed by atoms with Crippen LogP contribution in [0.25, 0.3) is 0 Å². The van der Waals surface area contributed by atoms with Crippen LogP contribution < -0.4 is 11.1 Å². The number of benzene rings is 1. The fraction of sp³-hybridized carbons (Fsp3) is 0.333. The molecule has 0 spiro atoms. The first-order valence-corrected chi connectivity index (χ1v) is 7.69. The Kier molecular flexibility index (Phi) is 5.16. The van der Waals surface area contributed by atoms with Gasteiger partial charge in [0.2, 0.25) is 0 Å². The van der Waals surface area contributed by atoms with Crippen LogP contribution in [0.3, 0.4) is 0 Å². The fourth-order valence-electron chi connectivity index (χ4n) is 1.81. The Morgan fingerprint density at radius 2 is 2.24 bits per heavy atom. The van der Waals surface area contributed by atoms with Crippen molar-refractivity contribution in [3.63, 3.8) is 0 Å². The molecule has 0 radical (unpaired) electrons. The number of carbonyl (C=O) groups is 1. The third-order valence-corrected chi connectivity index (χ3v) is 4.09. The van der Waals surface area contributed by atoms with Gasteiger partial charge in [0.25, 0.3) is 0 Å². The van der Waals surface area contributed by atoms with Gasteiger partial charge in [-0.25, -0.2) is 9.78 Å². The standard InChI is InChI=1S/C15H19N3O2S/c1-3-11-8-18-14(21-11)9-17-13-7-10(5-6-12(13)16)15(19)20-4-2/h5-8,17H,3-4,9,16H2,1-2H3. The maximum Gasteiger partial charge on any atom is 0.338 e. The molecule has 0 aliphatic heterocycles. The molecule has 0 bridgehead atoms. The molecular formula is C15H19N3O2S. The normalized spacial score (nSPS) is 10.4.